The lowest BCUT2D eigenvalue weighted by Crippen LogP contribution is -2.32. The third-order valence-corrected chi connectivity index (χ3v) is 4.37. The number of aliphatic hydroxyl groups is 1. The number of rotatable bonds is 5. The highest BCUT2D eigenvalue weighted by Crippen LogP contribution is 2.24. The summed E-state index contributed by atoms with van der Waals surface area (Å²) in [6.07, 6.45) is 2.06. The molecule has 1 aliphatic rings. The third kappa shape index (κ3) is 3.04. The van der Waals surface area contributed by atoms with Gasteiger partial charge in [0.2, 0.25) is 0 Å². The van der Waals surface area contributed by atoms with E-state index in [9.17, 15) is 5.11 Å². The average Bonchev–Trinajstić information content (AvgIpc) is 3.10. The van der Waals surface area contributed by atoms with Gasteiger partial charge in [-0.15, -0.1) is 0 Å². The number of hydrogen-bond donors (Lipinski definition) is 2. The lowest BCUT2D eigenvalue weighted by atomic mass is 10.0. The number of hydrogen-bond acceptors (Lipinski definition) is 4. The molecule has 0 radical (unpaired) electrons. The third-order valence-electron chi connectivity index (χ3n) is 4.37. The average molecular weight is 289 g/mol. The summed E-state index contributed by atoms with van der Waals surface area (Å²) >= 11 is 0. The number of aliphatic hydroxyl groups excluding tert-OH is 1. The SMILES string of the molecule is Cc1ccc([C@@H](C)CCN2CCc3[nH]nc(CO)c3C2)o1. The second-order valence-corrected chi connectivity index (χ2v) is 5.95. The van der Waals surface area contributed by atoms with Crippen LogP contribution in [0.4, 0.5) is 0 Å². The smallest absolute Gasteiger partial charge is 0.107 e. The Bertz CT molecular complexity index is 589. The van der Waals surface area contributed by atoms with Crippen LogP contribution >= 0.6 is 0 Å². The highest BCUT2D eigenvalue weighted by molar-refractivity contribution is 5.27. The summed E-state index contributed by atoms with van der Waals surface area (Å²) in [4.78, 5) is 2.43. The van der Waals surface area contributed by atoms with E-state index in [1.807, 2.05) is 13.0 Å². The predicted molar refractivity (Wildman–Crippen MR) is 80.0 cm³/mol. The van der Waals surface area contributed by atoms with Crippen LogP contribution in [-0.4, -0.2) is 33.3 Å². The Morgan fingerprint density at radius 1 is 1.48 bits per heavy atom. The van der Waals surface area contributed by atoms with Crippen LogP contribution < -0.4 is 0 Å². The highest BCUT2D eigenvalue weighted by atomic mass is 16.3. The topological polar surface area (TPSA) is 65.3 Å². The minimum absolute atomic E-state index is 0.0156. The molecule has 1 aliphatic heterocycles. The quantitative estimate of drug-likeness (QED) is 0.887. The first-order chi connectivity index (χ1) is 10.2. The van der Waals surface area contributed by atoms with Crippen molar-refractivity contribution in [2.24, 2.45) is 0 Å². The molecule has 0 unspecified atom stereocenters. The van der Waals surface area contributed by atoms with Crippen LogP contribution in [0.3, 0.4) is 0 Å². The summed E-state index contributed by atoms with van der Waals surface area (Å²) < 4.78 is 5.70. The number of H-pyrrole nitrogens is 1. The van der Waals surface area contributed by atoms with Gasteiger partial charge in [0, 0.05) is 36.7 Å². The predicted octanol–water partition coefficient (Wildman–Crippen LogP) is 2.36. The summed E-state index contributed by atoms with van der Waals surface area (Å²) in [5, 5.41) is 16.5. The van der Waals surface area contributed by atoms with E-state index in [2.05, 4.69) is 28.1 Å². The van der Waals surface area contributed by atoms with Crippen molar-refractivity contribution in [3.8, 4) is 0 Å². The van der Waals surface area contributed by atoms with Gasteiger partial charge in [-0.3, -0.25) is 10.00 Å². The zero-order valence-corrected chi connectivity index (χ0v) is 12.7. The first-order valence-electron chi connectivity index (χ1n) is 7.62. The number of aryl methyl sites for hydroxylation is 1. The van der Waals surface area contributed by atoms with Crippen molar-refractivity contribution in [1.82, 2.24) is 15.1 Å². The van der Waals surface area contributed by atoms with E-state index in [0.717, 1.165) is 49.7 Å². The second-order valence-electron chi connectivity index (χ2n) is 5.95. The molecule has 21 heavy (non-hydrogen) atoms. The van der Waals surface area contributed by atoms with Crippen LogP contribution in [0.15, 0.2) is 16.5 Å². The van der Waals surface area contributed by atoms with Crippen molar-refractivity contribution in [2.75, 3.05) is 13.1 Å². The summed E-state index contributed by atoms with van der Waals surface area (Å²) in [6, 6.07) is 4.10. The van der Waals surface area contributed by atoms with Gasteiger partial charge in [-0.2, -0.15) is 5.10 Å². The van der Waals surface area contributed by atoms with Gasteiger partial charge in [0.25, 0.3) is 0 Å². The van der Waals surface area contributed by atoms with Crippen molar-refractivity contribution in [1.29, 1.82) is 0 Å². The van der Waals surface area contributed by atoms with Crippen molar-refractivity contribution in [3.63, 3.8) is 0 Å². The molecule has 2 aromatic rings. The van der Waals surface area contributed by atoms with Crippen LogP contribution in [0, 0.1) is 6.92 Å². The number of nitrogens with one attached hydrogen (secondary N) is 1. The van der Waals surface area contributed by atoms with Crippen molar-refractivity contribution < 1.29 is 9.52 Å². The summed E-state index contributed by atoms with van der Waals surface area (Å²) in [5.74, 6) is 2.48. The normalized spacial score (nSPS) is 16.9. The van der Waals surface area contributed by atoms with E-state index < -0.39 is 0 Å². The standard InChI is InChI=1S/C16H23N3O2/c1-11(16-4-3-12(2)21-16)5-7-19-8-6-14-13(9-19)15(10-20)18-17-14/h3-4,11,20H,5-10H2,1-2H3,(H,17,18)/t11-/m0/s1. The molecule has 114 valence electrons. The van der Waals surface area contributed by atoms with Crippen molar-refractivity contribution >= 4 is 0 Å². The van der Waals surface area contributed by atoms with Crippen LogP contribution in [0.1, 0.15) is 47.7 Å². The first kappa shape index (κ1) is 14.4. The number of nitrogens with zero attached hydrogens (tertiary/aromatic N) is 2. The number of aromatic amines is 1. The molecule has 0 amide bonds. The largest absolute Gasteiger partial charge is 0.466 e. The molecule has 0 saturated heterocycles. The Kier molecular flexibility index (Phi) is 4.12. The fourth-order valence-electron chi connectivity index (χ4n) is 2.97. The van der Waals surface area contributed by atoms with E-state index in [1.54, 1.807) is 0 Å². The molecular weight excluding hydrogens is 266 g/mol. The molecular formula is C16H23N3O2. The summed E-state index contributed by atoms with van der Waals surface area (Å²) in [5.41, 5.74) is 3.17. The molecule has 2 N–H and O–H groups in total. The molecule has 0 fully saturated rings. The van der Waals surface area contributed by atoms with Crippen LogP contribution in [0.25, 0.3) is 0 Å². The van der Waals surface area contributed by atoms with E-state index in [0.29, 0.717) is 5.92 Å². The fraction of sp³-hybridized carbons (Fsp3) is 0.562. The molecule has 5 heteroatoms. The molecule has 0 saturated carbocycles. The highest BCUT2D eigenvalue weighted by Gasteiger charge is 2.22. The van der Waals surface area contributed by atoms with Crippen LogP contribution in [-0.2, 0) is 19.6 Å². The number of fused-ring (bicyclic) bond motifs is 1. The molecule has 0 spiro atoms. The van der Waals surface area contributed by atoms with Gasteiger partial charge in [0.1, 0.15) is 11.5 Å². The van der Waals surface area contributed by atoms with Crippen molar-refractivity contribution in [2.45, 2.75) is 45.8 Å². The zero-order valence-electron chi connectivity index (χ0n) is 12.7. The second kappa shape index (κ2) is 6.03. The molecule has 1 atom stereocenters. The Labute approximate surface area is 125 Å². The van der Waals surface area contributed by atoms with Gasteiger partial charge in [0.15, 0.2) is 0 Å². The Morgan fingerprint density at radius 2 is 2.33 bits per heavy atom. The zero-order chi connectivity index (χ0) is 14.8. The fourth-order valence-corrected chi connectivity index (χ4v) is 2.97. The summed E-state index contributed by atoms with van der Waals surface area (Å²) in [7, 11) is 0. The van der Waals surface area contributed by atoms with Gasteiger partial charge in [-0.25, -0.2) is 0 Å². The molecule has 3 rings (SSSR count). The Morgan fingerprint density at radius 3 is 3.05 bits per heavy atom. The molecule has 0 aromatic carbocycles. The molecule has 5 nitrogen and oxygen atoms in total. The van der Waals surface area contributed by atoms with Gasteiger partial charge >= 0.3 is 0 Å². The number of aromatic nitrogens is 2. The van der Waals surface area contributed by atoms with Gasteiger partial charge in [-0.1, -0.05) is 6.92 Å². The first-order valence-corrected chi connectivity index (χ1v) is 7.62. The maximum Gasteiger partial charge on any atom is 0.107 e. The van der Waals surface area contributed by atoms with E-state index >= 15 is 0 Å². The molecule has 0 aliphatic carbocycles. The molecule has 0 bridgehead atoms. The maximum absolute atomic E-state index is 9.32. The maximum atomic E-state index is 9.32. The van der Waals surface area contributed by atoms with Gasteiger partial charge in [0.05, 0.1) is 12.3 Å². The van der Waals surface area contributed by atoms with E-state index in [4.69, 9.17) is 4.42 Å². The lowest BCUT2D eigenvalue weighted by Gasteiger charge is -2.27. The van der Waals surface area contributed by atoms with Gasteiger partial charge in [-0.05, 0) is 32.0 Å². The number of furan rings is 1. The van der Waals surface area contributed by atoms with Crippen molar-refractivity contribution in [3.05, 3.63) is 40.6 Å². The monoisotopic (exact) mass is 289 g/mol. The summed E-state index contributed by atoms with van der Waals surface area (Å²) in [6.45, 7) is 7.18. The molecule has 2 aromatic heterocycles. The minimum atomic E-state index is 0.0156. The van der Waals surface area contributed by atoms with E-state index in [-0.39, 0.29) is 6.61 Å². The van der Waals surface area contributed by atoms with Crippen LogP contribution in [0.5, 0.6) is 0 Å². The van der Waals surface area contributed by atoms with E-state index in [1.165, 1.54) is 11.3 Å². The Hall–Kier alpha value is -1.59. The molecule has 3 heterocycles. The lowest BCUT2D eigenvalue weighted by molar-refractivity contribution is 0.234. The van der Waals surface area contributed by atoms with Gasteiger partial charge < -0.3 is 9.52 Å². The minimum Gasteiger partial charge on any atom is -0.466 e. The Balaban J connectivity index is 1.57. The van der Waals surface area contributed by atoms with Crippen LogP contribution in [0.2, 0.25) is 0 Å².